The van der Waals surface area contributed by atoms with Crippen LogP contribution in [0.2, 0.25) is 0 Å². The summed E-state index contributed by atoms with van der Waals surface area (Å²) >= 11 is 0. The number of hydrogen-bond donors (Lipinski definition) is 0. The Morgan fingerprint density at radius 3 is 2.95 bits per heavy atom. The van der Waals surface area contributed by atoms with E-state index in [0.29, 0.717) is 12.5 Å². The van der Waals surface area contributed by atoms with Gasteiger partial charge in [-0.15, -0.1) is 5.10 Å². The van der Waals surface area contributed by atoms with E-state index >= 15 is 0 Å². The normalized spacial score (nSPS) is 18.3. The Labute approximate surface area is 124 Å². The van der Waals surface area contributed by atoms with Crippen LogP contribution in [0.25, 0.3) is 5.69 Å². The van der Waals surface area contributed by atoms with Crippen molar-refractivity contribution in [2.45, 2.75) is 32.8 Å². The standard InChI is InChI=1S/C16H21N3O2/c1-11-5-4-6-14(12(11)2)19-16(13-7-8-21-9-13)17-15(18-19)10-20-3/h4-6,13H,7-10H2,1-3H3/t13-/m1/s1. The number of aryl methyl sites for hydroxylation is 1. The van der Waals surface area contributed by atoms with Crippen LogP contribution < -0.4 is 0 Å². The van der Waals surface area contributed by atoms with Crippen LogP contribution in [0, 0.1) is 13.8 Å². The third kappa shape index (κ3) is 2.71. The van der Waals surface area contributed by atoms with E-state index in [1.807, 2.05) is 4.68 Å². The molecule has 0 saturated carbocycles. The van der Waals surface area contributed by atoms with Crippen LogP contribution in [0.15, 0.2) is 18.2 Å². The molecule has 21 heavy (non-hydrogen) atoms. The zero-order valence-corrected chi connectivity index (χ0v) is 12.8. The average molecular weight is 287 g/mol. The predicted octanol–water partition coefficient (Wildman–Crippen LogP) is 2.53. The summed E-state index contributed by atoms with van der Waals surface area (Å²) in [6.45, 7) is 6.18. The number of ether oxygens (including phenoxy) is 2. The molecule has 0 radical (unpaired) electrons. The molecular weight excluding hydrogens is 266 g/mol. The van der Waals surface area contributed by atoms with Crippen molar-refractivity contribution in [1.29, 1.82) is 0 Å². The second-order valence-corrected chi connectivity index (χ2v) is 5.51. The maximum Gasteiger partial charge on any atom is 0.176 e. The molecule has 2 heterocycles. The van der Waals surface area contributed by atoms with Gasteiger partial charge in [-0.1, -0.05) is 12.1 Å². The number of nitrogens with zero attached hydrogens (tertiary/aromatic N) is 3. The van der Waals surface area contributed by atoms with Crippen LogP contribution in [0.5, 0.6) is 0 Å². The molecule has 1 aliphatic rings. The van der Waals surface area contributed by atoms with Crippen molar-refractivity contribution in [3.8, 4) is 5.69 Å². The second-order valence-electron chi connectivity index (χ2n) is 5.51. The van der Waals surface area contributed by atoms with E-state index in [-0.39, 0.29) is 0 Å². The number of rotatable bonds is 4. The highest BCUT2D eigenvalue weighted by Gasteiger charge is 2.25. The molecule has 0 unspecified atom stereocenters. The molecule has 1 aliphatic heterocycles. The Balaban J connectivity index is 2.08. The fraction of sp³-hybridized carbons (Fsp3) is 0.500. The topological polar surface area (TPSA) is 49.2 Å². The third-order valence-corrected chi connectivity index (χ3v) is 4.05. The summed E-state index contributed by atoms with van der Waals surface area (Å²) in [5.41, 5.74) is 3.57. The average Bonchev–Trinajstić information content (AvgIpc) is 3.11. The van der Waals surface area contributed by atoms with Crippen molar-refractivity contribution >= 4 is 0 Å². The van der Waals surface area contributed by atoms with Crippen molar-refractivity contribution in [3.63, 3.8) is 0 Å². The molecule has 1 aromatic heterocycles. The minimum absolute atomic E-state index is 0.308. The van der Waals surface area contributed by atoms with Crippen LogP contribution in [-0.4, -0.2) is 35.1 Å². The van der Waals surface area contributed by atoms with E-state index in [1.165, 1.54) is 11.1 Å². The highest BCUT2D eigenvalue weighted by Crippen LogP contribution is 2.27. The number of hydrogen-bond acceptors (Lipinski definition) is 4. The first-order valence-corrected chi connectivity index (χ1v) is 7.30. The van der Waals surface area contributed by atoms with Crippen LogP contribution in [0.4, 0.5) is 0 Å². The molecule has 2 aromatic rings. The lowest BCUT2D eigenvalue weighted by Crippen LogP contribution is -2.10. The summed E-state index contributed by atoms with van der Waals surface area (Å²) < 4.78 is 12.7. The molecule has 1 saturated heterocycles. The van der Waals surface area contributed by atoms with Gasteiger partial charge in [-0.2, -0.15) is 0 Å². The van der Waals surface area contributed by atoms with Gasteiger partial charge >= 0.3 is 0 Å². The summed E-state index contributed by atoms with van der Waals surface area (Å²) in [4.78, 5) is 4.68. The second kappa shape index (κ2) is 5.95. The Morgan fingerprint density at radius 1 is 1.38 bits per heavy atom. The molecule has 0 spiro atoms. The molecule has 0 bridgehead atoms. The van der Waals surface area contributed by atoms with Crippen LogP contribution >= 0.6 is 0 Å². The molecule has 5 nitrogen and oxygen atoms in total. The van der Waals surface area contributed by atoms with Gasteiger partial charge in [-0.25, -0.2) is 9.67 Å². The fourth-order valence-corrected chi connectivity index (χ4v) is 2.70. The van der Waals surface area contributed by atoms with Crippen LogP contribution in [-0.2, 0) is 16.1 Å². The van der Waals surface area contributed by atoms with Crippen molar-refractivity contribution in [3.05, 3.63) is 41.0 Å². The summed E-state index contributed by atoms with van der Waals surface area (Å²) in [6.07, 6.45) is 0.996. The number of aromatic nitrogens is 3. The Hall–Kier alpha value is -1.72. The maximum atomic E-state index is 5.51. The molecule has 1 atom stereocenters. The maximum absolute atomic E-state index is 5.51. The lowest BCUT2D eigenvalue weighted by Gasteiger charge is -2.13. The molecule has 0 amide bonds. The van der Waals surface area contributed by atoms with Crippen molar-refractivity contribution in [2.75, 3.05) is 20.3 Å². The largest absolute Gasteiger partial charge is 0.381 e. The molecule has 0 N–H and O–H groups in total. The van der Waals surface area contributed by atoms with Crippen LogP contribution in [0.3, 0.4) is 0 Å². The highest BCUT2D eigenvalue weighted by atomic mass is 16.5. The SMILES string of the molecule is COCc1nc([C@@H]2CCOC2)n(-c2cccc(C)c2C)n1. The summed E-state index contributed by atoms with van der Waals surface area (Å²) in [5.74, 6) is 2.01. The zero-order valence-electron chi connectivity index (χ0n) is 12.8. The molecule has 1 fully saturated rings. The predicted molar refractivity (Wildman–Crippen MR) is 79.7 cm³/mol. The van der Waals surface area contributed by atoms with Gasteiger partial charge in [0.05, 0.1) is 12.3 Å². The lowest BCUT2D eigenvalue weighted by molar-refractivity contribution is 0.177. The molecule has 0 aliphatic carbocycles. The van der Waals surface area contributed by atoms with E-state index < -0.39 is 0 Å². The van der Waals surface area contributed by atoms with Gasteiger partial charge < -0.3 is 9.47 Å². The van der Waals surface area contributed by atoms with Gasteiger partial charge in [0.25, 0.3) is 0 Å². The summed E-state index contributed by atoms with van der Waals surface area (Å²) in [7, 11) is 1.66. The molecule has 3 rings (SSSR count). The Morgan fingerprint density at radius 2 is 2.24 bits per heavy atom. The van der Waals surface area contributed by atoms with Crippen molar-refractivity contribution in [2.24, 2.45) is 0 Å². The lowest BCUT2D eigenvalue weighted by atomic mass is 10.1. The smallest absolute Gasteiger partial charge is 0.176 e. The Kier molecular flexibility index (Phi) is 4.03. The van der Waals surface area contributed by atoms with Crippen molar-refractivity contribution < 1.29 is 9.47 Å². The van der Waals surface area contributed by atoms with E-state index in [0.717, 1.165) is 37.0 Å². The molecule has 1 aromatic carbocycles. The van der Waals surface area contributed by atoms with E-state index in [9.17, 15) is 0 Å². The van der Waals surface area contributed by atoms with Crippen molar-refractivity contribution in [1.82, 2.24) is 14.8 Å². The first-order valence-electron chi connectivity index (χ1n) is 7.30. The van der Waals surface area contributed by atoms with Crippen LogP contribution in [0.1, 0.15) is 35.1 Å². The molecular formula is C16H21N3O2. The number of methoxy groups -OCH3 is 1. The quantitative estimate of drug-likeness (QED) is 0.867. The van der Waals surface area contributed by atoms with Gasteiger partial charge in [-0.05, 0) is 37.5 Å². The Bertz CT molecular complexity index is 630. The summed E-state index contributed by atoms with van der Waals surface area (Å²) in [6, 6.07) is 6.27. The van der Waals surface area contributed by atoms with Gasteiger partial charge in [0.1, 0.15) is 12.4 Å². The van der Waals surface area contributed by atoms with E-state index in [2.05, 4.69) is 42.1 Å². The first-order chi connectivity index (χ1) is 10.2. The van der Waals surface area contributed by atoms with Gasteiger partial charge in [0.15, 0.2) is 5.82 Å². The highest BCUT2D eigenvalue weighted by molar-refractivity contribution is 5.44. The van der Waals surface area contributed by atoms with E-state index in [4.69, 9.17) is 9.47 Å². The minimum atomic E-state index is 0.308. The fourth-order valence-electron chi connectivity index (χ4n) is 2.70. The van der Waals surface area contributed by atoms with Gasteiger partial charge in [0, 0.05) is 19.6 Å². The first kappa shape index (κ1) is 14.2. The van der Waals surface area contributed by atoms with E-state index in [1.54, 1.807) is 7.11 Å². The van der Waals surface area contributed by atoms with Gasteiger partial charge in [0.2, 0.25) is 0 Å². The zero-order chi connectivity index (χ0) is 14.8. The third-order valence-electron chi connectivity index (χ3n) is 4.05. The molecule has 5 heteroatoms. The monoisotopic (exact) mass is 287 g/mol. The van der Waals surface area contributed by atoms with Gasteiger partial charge in [-0.3, -0.25) is 0 Å². The molecule has 112 valence electrons. The minimum Gasteiger partial charge on any atom is -0.381 e. The number of benzene rings is 1. The summed E-state index contributed by atoms with van der Waals surface area (Å²) in [5, 5.41) is 4.64.